The molecule has 3 N–H and O–H groups in total. The molecule has 1 fully saturated rings. The number of aromatic amines is 1. The first-order valence-electron chi connectivity index (χ1n) is 13.6. The molecule has 6 rings (SSSR count). The lowest BCUT2D eigenvalue weighted by Gasteiger charge is -2.32. The Hall–Kier alpha value is -4.53. The van der Waals surface area contributed by atoms with Crippen LogP contribution in [0.4, 0.5) is 5.69 Å². The number of H-pyrrole nitrogens is 1. The number of hydrogen-bond donors (Lipinski definition) is 3. The summed E-state index contributed by atoms with van der Waals surface area (Å²) < 4.78 is 0. The largest absolute Gasteiger partial charge is 0.507 e. The molecule has 0 saturated carbocycles. The Balaban J connectivity index is 1.13. The average Bonchev–Trinajstić information content (AvgIpc) is 3.42. The fourth-order valence-electron chi connectivity index (χ4n) is 5.01. The van der Waals surface area contributed by atoms with Crippen molar-refractivity contribution in [3.05, 3.63) is 96.2 Å². The van der Waals surface area contributed by atoms with Crippen molar-refractivity contribution in [2.45, 2.75) is 6.42 Å². The summed E-state index contributed by atoms with van der Waals surface area (Å²) in [5, 5.41) is 13.5. The highest BCUT2D eigenvalue weighted by Crippen LogP contribution is 2.32. The number of likely N-dealkylation sites (N-methyl/N-ethyl adjacent to an activating group) is 1. The zero-order chi connectivity index (χ0) is 27.5. The number of anilines is 1. The van der Waals surface area contributed by atoms with Crippen LogP contribution in [-0.2, 0) is 6.42 Å². The first kappa shape index (κ1) is 25.7. The van der Waals surface area contributed by atoms with Crippen LogP contribution in [0.3, 0.4) is 0 Å². The maximum Gasteiger partial charge on any atom is 0.255 e. The van der Waals surface area contributed by atoms with Gasteiger partial charge in [0.05, 0.1) is 22.3 Å². The lowest BCUT2D eigenvalue weighted by molar-refractivity contribution is 0.102. The molecule has 1 amide bonds. The summed E-state index contributed by atoms with van der Waals surface area (Å²) in [6.45, 7) is 5.53. The van der Waals surface area contributed by atoms with E-state index in [4.69, 9.17) is 0 Å². The van der Waals surface area contributed by atoms with E-state index in [1.54, 1.807) is 24.4 Å². The second-order valence-corrected chi connectivity index (χ2v) is 10.3. The highest BCUT2D eigenvalue weighted by molar-refractivity contribution is 6.06. The van der Waals surface area contributed by atoms with E-state index in [0.29, 0.717) is 28.0 Å². The molecule has 1 aliphatic rings. The van der Waals surface area contributed by atoms with E-state index < -0.39 is 0 Å². The molecular weight excluding hydrogens is 500 g/mol. The van der Waals surface area contributed by atoms with Crippen molar-refractivity contribution in [3.8, 4) is 28.4 Å². The van der Waals surface area contributed by atoms with E-state index >= 15 is 0 Å². The molecular formula is C32H32N6O2. The van der Waals surface area contributed by atoms with Crippen LogP contribution in [0, 0.1) is 0 Å². The predicted octanol–water partition coefficient (Wildman–Crippen LogP) is 5.04. The highest BCUT2D eigenvalue weighted by Gasteiger charge is 2.15. The minimum atomic E-state index is -0.191. The number of pyridine rings is 1. The van der Waals surface area contributed by atoms with Gasteiger partial charge >= 0.3 is 0 Å². The van der Waals surface area contributed by atoms with Gasteiger partial charge in [-0.25, -0.2) is 4.98 Å². The highest BCUT2D eigenvalue weighted by atomic mass is 16.3. The third-order valence-electron chi connectivity index (χ3n) is 7.48. The minimum Gasteiger partial charge on any atom is -0.507 e. The number of amides is 1. The van der Waals surface area contributed by atoms with Crippen molar-refractivity contribution in [1.29, 1.82) is 0 Å². The van der Waals surface area contributed by atoms with Crippen LogP contribution in [-0.4, -0.2) is 75.5 Å². The van der Waals surface area contributed by atoms with Crippen LogP contribution < -0.4 is 5.32 Å². The van der Waals surface area contributed by atoms with Crippen LogP contribution in [0.15, 0.2) is 85.1 Å². The predicted molar refractivity (Wildman–Crippen MR) is 158 cm³/mol. The molecule has 0 unspecified atom stereocenters. The second kappa shape index (κ2) is 11.3. The van der Waals surface area contributed by atoms with Gasteiger partial charge in [0.1, 0.15) is 11.6 Å². The summed E-state index contributed by atoms with van der Waals surface area (Å²) in [7, 11) is 2.17. The summed E-state index contributed by atoms with van der Waals surface area (Å²) in [5.74, 6) is 0.446. The van der Waals surface area contributed by atoms with Gasteiger partial charge in [0, 0.05) is 55.7 Å². The number of imidazole rings is 1. The van der Waals surface area contributed by atoms with Gasteiger partial charge in [0.2, 0.25) is 0 Å². The molecule has 202 valence electrons. The Morgan fingerprint density at radius 1 is 0.975 bits per heavy atom. The third-order valence-corrected chi connectivity index (χ3v) is 7.48. The van der Waals surface area contributed by atoms with Crippen molar-refractivity contribution < 1.29 is 9.90 Å². The van der Waals surface area contributed by atoms with E-state index in [9.17, 15) is 9.90 Å². The van der Waals surface area contributed by atoms with Crippen LogP contribution in [0.25, 0.3) is 33.7 Å². The van der Waals surface area contributed by atoms with Gasteiger partial charge < -0.3 is 25.2 Å². The first-order chi connectivity index (χ1) is 19.5. The van der Waals surface area contributed by atoms with Crippen molar-refractivity contribution in [2.75, 3.05) is 45.1 Å². The van der Waals surface area contributed by atoms with E-state index in [2.05, 4.69) is 49.2 Å². The number of phenolic OH excluding ortho intramolecular Hbond substituents is 1. The molecule has 3 aromatic carbocycles. The summed E-state index contributed by atoms with van der Waals surface area (Å²) in [6.07, 6.45) is 2.73. The Kier molecular flexibility index (Phi) is 7.27. The molecule has 40 heavy (non-hydrogen) atoms. The average molecular weight is 533 g/mol. The van der Waals surface area contributed by atoms with E-state index in [0.717, 1.165) is 56.1 Å². The molecule has 2 aromatic heterocycles. The van der Waals surface area contributed by atoms with Crippen molar-refractivity contribution in [1.82, 2.24) is 24.8 Å². The Morgan fingerprint density at radius 3 is 2.58 bits per heavy atom. The van der Waals surface area contributed by atoms with Gasteiger partial charge in [-0.2, -0.15) is 0 Å². The van der Waals surface area contributed by atoms with Crippen LogP contribution in [0.5, 0.6) is 5.75 Å². The Morgan fingerprint density at radius 2 is 1.80 bits per heavy atom. The van der Waals surface area contributed by atoms with E-state index in [1.165, 1.54) is 5.56 Å². The number of phenols is 1. The normalized spacial score (nSPS) is 14.4. The van der Waals surface area contributed by atoms with Gasteiger partial charge in [-0.05, 0) is 79.7 Å². The SMILES string of the molecule is CN1CCN(CCc2ccc(NC(=O)c3ccc4nc(-c5cc(-c6ccccn6)ccc5O)[nH]c4c3)cc2)CC1. The summed E-state index contributed by atoms with van der Waals surface area (Å²) in [6, 6.07) is 24.5. The Labute approximate surface area is 233 Å². The zero-order valence-electron chi connectivity index (χ0n) is 22.5. The van der Waals surface area contributed by atoms with Crippen molar-refractivity contribution >= 4 is 22.6 Å². The van der Waals surface area contributed by atoms with Crippen molar-refractivity contribution in [2.24, 2.45) is 0 Å². The lowest BCUT2D eigenvalue weighted by atomic mass is 10.1. The van der Waals surface area contributed by atoms with Crippen LogP contribution in [0.2, 0.25) is 0 Å². The molecule has 8 nitrogen and oxygen atoms in total. The van der Waals surface area contributed by atoms with Gasteiger partial charge in [-0.1, -0.05) is 18.2 Å². The number of nitrogens with one attached hydrogen (secondary N) is 2. The van der Waals surface area contributed by atoms with Gasteiger partial charge in [-0.3, -0.25) is 9.78 Å². The second-order valence-electron chi connectivity index (χ2n) is 10.3. The number of fused-ring (bicyclic) bond motifs is 1. The van der Waals surface area contributed by atoms with E-state index in [-0.39, 0.29) is 11.7 Å². The number of piperazine rings is 1. The zero-order valence-corrected chi connectivity index (χ0v) is 22.5. The molecule has 8 heteroatoms. The number of rotatable bonds is 7. The topological polar surface area (TPSA) is 97.4 Å². The fraction of sp³-hybridized carbons (Fsp3) is 0.219. The van der Waals surface area contributed by atoms with Crippen LogP contribution >= 0.6 is 0 Å². The molecule has 0 aliphatic carbocycles. The smallest absolute Gasteiger partial charge is 0.255 e. The molecule has 0 radical (unpaired) electrons. The third kappa shape index (κ3) is 5.73. The molecule has 0 spiro atoms. The Bertz CT molecular complexity index is 1620. The molecule has 5 aromatic rings. The minimum absolute atomic E-state index is 0.115. The molecule has 1 aliphatic heterocycles. The molecule has 0 atom stereocenters. The molecule has 1 saturated heterocycles. The maximum atomic E-state index is 13.0. The number of carbonyl (C=O) groups excluding carboxylic acids is 1. The summed E-state index contributed by atoms with van der Waals surface area (Å²) in [5.41, 5.74) is 6.21. The fourth-order valence-corrected chi connectivity index (χ4v) is 5.01. The van der Waals surface area contributed by atoms with Gasteiger partial charge in [0.15, 0.2) is 0 Å². The van der Waals surface area contributed by atoms with E-state index in [1.807, 2.05) is 48.5 Å². The molecule has 0 bridgehead atoms. The number of aromatic hydroxyl groups is 1. The standard InChI is InChI=1S/C32H32N6O2/c1-37-16-18-38(19-17-37)15-13-22-5-9-25(10-6-22)34-32(40)24-7-11-28-29(21-24)36-31(35-28)26-20-23(8-12-30(26)39)27-4-2-3-14-33-27/h2-12,14,20-21,39H,13,15-19H2,1H3,(H,34,40)(H,35,36). The number of benzene rings is 3. The van der Waals surface area contributed by atoms with Gasteiger partial charge in [-0.15, -0.1) is 0 Å². The maximum absolute atomic E-state index is 13.0. The lowest BCUT2D eigenvalue weighted by Crippen LogP contribution is -2.45. The van der Waals surface area contributed by atoms with Crippen LogP contribution in [0.1, 0.15) is 15.9 Å². The number of nitrogens with zero attached hydrogens (tertiary/aromatic N) is 4. The monoisotopic (exact) mass is 532 g/mol. The van der Waals surface area contributed by atoms with Gasteiger partial charge in [0.25, 0.3) is 5.91 Å². The summed E-state index contributed by atoms with van der Waals surface area (Å²) >= 11 is 0. The number of carbonyl (C=O) groups is 1. The van der Waals surface area contributed by atoms with Crippen molar-refractivity contribution in [3.63, 3.8) is 0 Å². The number of aromatic nitrogens is 3. The molecule has 3 heterocycles. The quantitative estimate of drug-likeness (QED) is 0.272. The summed E-state index contributed by atoms with van der Waals surface area (Å²) in [4.78, 5) is 30.2. The number of hydrogen-bond acceptors (Lipinski definition) is 6. The first-order valence-corrected chi connectivity index (χ1v) is 13.6.